The van der Waals surface area contributed by atoms with Crippen LogP contribution < -0.4 is 10.6 Å². The minimum Gasteiger partial charge on any atom is -0.322 e. The van der Waals surface area contributed by atoms with Gasteiger partial charge >= 0.3 is 0 Å². The second kappa shape index (κ2) is 8.80. The Balaban J connectivity index is 1.30. The predicted molar refractivity (Wildman–Crippen MR) is 123 cm³/mol. The molecule has 0 aliphatic heterocycles. The zero-order valence-corrected chi connectivity index (χ0v) is 18.2. The molecule has 8 nitrogen and oxygen atoms in total. The van der Waals surface area contributed by atoms with Crippen molar-refractivity contribution in [3.8, 4) is 0 Å². The Morgan fingerprint density at radius 2 is 1.81 bits per heavy atom. The highest BCUT2D eigenvalue weighted by atomic mass is 32.2. The largest absolute Gasteiger partial charge is 0.322 e. The molecule has 1 amide bonds. The molecule has 160 valence electrons. The van der Waals surface area contributed by atoms with Gasteiger partial charge in [0.05, 0.1) is 0 Å². The predicted octanol–water partition coefficient (Wildman–Crippen LogP) is 4.93. The number of nitrogens with one attached hydrogen (secondary N) is 3. The normalized spacial score (nSPS) is 13.0. The quantitative estimate of drug-likeness (QED) is 0.372. The summed E-state index contributed by atoms with van der Waals surface area (Å²) in [6.45, 7) is 1.94. The number of aromatic amines is 1. The summed E-state index contributed by atoms with van der Waals surface area (Å²) in [7, 11) is 0. The summed E-state index contributed by atoms with van der Waals surface area (Å²) in [6.07, 6.45) is 2.20. The summed E-state index contributed by atoms with van der Waals surface area (Å²) in [5, 5.41) is 13.8. The number of carbonyl (C=O) groups excluding carboxylic acids is 1. The minimum atomic E-state index is -0.137. The van der Waals surface area contributed by atoms with Crippen molar-refractivity contribution >= 4 is 35.1 Å². The van der Waals surface area contributed by atoms with Crippen LogP contribution in [0.4, 0.5) is 17.5 Å². The average molecular weight is 444 g/mol. The zero-order chi connectivity index (χ0) is 21.9. The van der Waals surface area contributed by atoms with E-state index in [1.54, 1.807) is 12.1 Å². The van der Waals surface area contributed by atoms with Crippen molar-refractivity contribution in [1.29, 1.82) is 0 Å². The van der Waals surface area contributed by atoms with Gasteiger partial charge in [-0.15, -0.1) is 0 Å². The van der Waals surface area contributed by atoms with Gasteiger partial charge < -0.3 is 10.6 Å². The van der Waals surface area contributed by atoms with Crippen molar-refractivity contribution in [2.45, 2.75) is 35.7 Å². The van der Waals surface area contributed by atoms with Gasteiger partial charge in [0, 0.05) is 33.8 Å². The molecule has 5 rings (SSSR count). The lowest BCUT2D eigenvalue weighted by Crippen LogP contribution is -2.11. The van der Waals surface area contributed by atoms with Crippen LogP contribution in [0.5, 0.6) is 0 Å². The number of amides is 1. The molecule has 0 radical (unpaired) electrons. The van der Waals surface area contributed by atoms with Gasteiger partial charge in [0.15, 0.2) is 11.0 Å². The molecule has 0 bridgehead atoms. The molecule has 0 unspecified atom stereocenters. The number of aromatic nitrogens is 5. The molecule has 1 aliphatic rings. The van der Waals surface area contributed by atoms with E-state index in [1.165, 1.54) is 11.8 Å². The van der Waals surface area contributed by atoms with Crippen LogP contribution in [0.3, 0.4) is 0 Å². The van der Waals surface area contributed by atoms with Crippen LogP contribution in [-0.4, -0.2) is 31.1 Å². The van der Waals surface area contributed by atoms with E-state index in [0.29, 0.717) is 28.4 Å². The average Bonchev–Trinajstić information content (AvgIpc) is 3.58. The maximum absolute atomic E-state index is 12.3. The summed E-state index contributed by atoms with van der Waals surface area (Å²) in [5.74, 6) is 2.23. The highest BCUT2D eigenvalue weighted by Crippen LogP contribution is 2.39. The lowest BCUT2D eigenvalue weighted by atomic mass is 10.2. The maximum atomic E-state index is 12.3. The third-order valence-corrected chi connectivity index (χ3v) is 5.75. The van der Waals surface area contributed by atoms with Crippen LogP contribution >= 0.6 is 11.8 Å². The van der Waals surface area contributed by atoms with E-state index in [0.717, 1.165) is 34.9 Å². The Morgan fingerprint density at radius 3 is 2.50 bits per heavy atom. The molecule has 2 aromatic heterocycles. The lowest BCUT2D eigenvalue weighted by Gasteiger charge is -2.08. The van der Waals surface area contributed by atoms with Gasteiger partial charge in [-0.25, -0.2) is 4.98 Å². The first-order valence-corrected chi connectivity index (χ1v) is 11.1. The molecular weight excluding hydrogens is 422 g/mol. The molecule has 32 heavy (non-hydrogen) atoms. The highest BCUT2D eigenvalue weighted by molar-refractivity contribution is 7.99. The Labute approximate surface area is 189 Å². The number of carbonyl (C=O) groups is 1. The lowest BCUT2D eigenvalue weighted by molar-refractivity contribution is 0.102. The molecular formula is C23H21N7OS. The number of nitrogens with zero attached hydrogens (tertiary/aromatic N) is 4. The summed E-state index contributed by atoms with van der Waals surface area (Å²) in [5.41, 5.74) is 2.31. The molecule has 1 saturated carbocycles. The Morgan fingerprint density at radius 1 is 1.03 bits per heavy atom. The summed E-state index contributed by atoms with van der Waals surface area (Å²) >= 11 is 1.46. The molecule has 9 heteroatoms. The number of anilines is 3. The van der Waals surface area contributed by atoms with Crippen LogP contribution in [0, 0.1) is 6.92 Å². The fraction of sp³-hybridized carbons (Fsp3) is 0.174. The molecule has 4 aromatic rings. The monoisotopic (exact) mass is 443 g/mol. The van der Waals surface area contributed by atoms with E-state index in [2.05, 4.69) is 35.8 Å². The van der Waals surface area contributed by atoms with E-state index in [4.69, 9.17) is 0 Å². The van der Waals surface area contributed by atoms with E-state index in [-0.39, 0.29) is 5.91 Å². The van der Waals surface area contributed by atoms with Crippen LogP contribution in [0.2, 0.25) is 0 Å². The number of H-pyrrole nitrogens is 1. The standard InChI is InChI=1S/C23H21N7OS/c1-14-13-19(30-29-14)25-22-26-20(15-7-8-15)27-23(28-22)32-18-11-9-17(10-12-18)24-21(31)16-5-3-2-4-6-16/h2-6,9-13,15H,7-8H2,1H3,(H,24,31)(H2,25,26,27,28,29,30). The van der Waals surface area contributed by atoms with E-state index in [1.807, 2.05) is 55.5 Å². The number of rotatable bonds is 7. The van der Waals surface area contributed by atoms with Gasteiger partial charge in [0.2, 0.25) is 5.95 Å². The fourth-order valence-electron chi connectivity index (χ4n) is 3.10. The Kier molecular flexibility index (Phi) is 5.55. The van der Waals surface area contributed by atoms with Gasteiger partial charge in [-0.1, -0.05) is 18.2 Å². The molecule has 2 aromatic carbocycles. The van der Waals surface area contributed by atoms with Gasteiger partial charge in [0.1, 0.15) is 5.82 Å². The SMILES string of the molecule is Cc1cc(Nc2nc(Sc3ccc(NC(=O)c4ccccc4)cc3)nc(C3CC3)n2)n[nH]1. The number of aryl methyl sites for hydroxylation is 1. The summed E-state index contributed by atoms with van der Waals surface area (Å²) in [4.78, 5) is 27.1. The third kappa shape index (κ3) is 4.94. The zero-order valence-electron chi connectivity index (χ0n) is 17.4. The van der Waals surface area contributed by atoms with E-state index < -0.39 is 0 Å². The van der Waals surface area contributed by atoms with Crippen molar-refractivity contribution in [1.82, 2.24) is 25.1 Å². The number of benzene rings is 2. The van der Waals surface area contributed by atoms with Crippen LogP contribution in [0.1, 0.15) is 40.6 Å². The van der Waals surface area contributed by atoms with Gasteiger partial charge in [-0.3, -0.25) is 9.89 Å². The first-order chi connectivity index (χ1) is 15.6. The first kappa shape index (κ1) is 20.2. The fourth-order valence-corrected chi connectivity index (χ4v) is 3.85. The molecule has 0 spiro atoms. The summed E-state index contributed by atoms with van der Waals surface area (Å²) in [6, 6.07) is 18.7. The molecule has 1 aliphatic carbocycles. The topological polar surface area (TPSA) is 108 Å². The van der Waals surface area contributed by atoms with Crippen LogP contribution in [-0.2, 0) is 0 Å². The molecule has 2 heterocycles. The smallest absolute Gasteiger partial charge is 0.255 e. The second-order valence-corrected chi connectivity index (χ2v) is 8.62. The summed E-state index contributed by atoms with van der Waals surface area (Å²) < 4.78 is 0. The van der Waals surface area contributed by atoms with Crippen LogP contribution in [0.15, 0.2) is 70.7 Å². The molecule has 3 N–H and O–H groups in total. The van der Waals surface area contributed by atoms with Crippen molar-refractivity contribution < 1.29 is 4.79 Å². The second-order valence-electron chi connectivity index (χ2n) is 7.58. The Hall–Kier alpha value is -3.72. The number of hydrogen-bond donors (Lipinski definition) is 3. The van der Waals surface area contributed by atoms with Crippen LogP contribution in [0.25, 0.3) is 0 Å². The van der Waals surface area contributed by atoms with Crippen molar-refractivity contribution in [2.75, 3.05) is 10.6 Å². The Bertz CT molecular complexity index is 1240. The van der Waals surface area contributed by atoms with E-state index in [9.17, 15) is 4.79 Å². The van der Waals surface area contributed by atoms with E-state index >= 15 is 0 Å². The van der Waals surface area contributed by atoms with Crippen molar-refractivity contribution in [2.24, 2.45) is 0 Å². The highest BCUT2D eigenvalue weighted by Gasteiger charge is 2.28. The van der Waals surface area contributed by atoms with Gasteiger partial charge in [-0.2, -0.15) is 15.1 Å². The maximum Gasteiger partial charge on any atom is 0.255 e. The third-order valence-electron chi connectivity index (χ3n) is 4.88. The van der Waals surface area contributed by atoms with Crippen molar-refractivity contribution in [3.05, 3.63) is 77.7 Å². The first-order valence-electron chi connectivity index (χ1n) is 10.3. The van der Waals surface area contributed by atoms with Gasteiger partial charge in [0.25, 0.3) is 5.91 Å². The molecule has 0 saturated heterocycles. The number of hydrogen-bond acceptors (Lipinski definition) is 7. The minimum absolute atomic E-state index is 0.137. The molecule has 1 fully saturated rings. The van der Waals surface area contributed by atoms with Crippen molar-refractivity contribution in [3.63, 3.8) is 0 Å². The van der Waals surface area contributed by atoms with Gasteiger partial charge in [-0.05, 0) is 67.9 Å². The molecule has 0 atom stereocenters.